The fourth-order valence-corrected chi connectivity index (χ4v) is 4.66. The van der Waals surface area contributed by atoms with Crippen LogP contribution in [0.5, 0.6) is 0 Å². The second-order valence-corrected chi connectivity index (χ2v) is 9.34. The highest BCUT2D eigenvalue weighted by Crippen LogP contribution is 2.44. The third kappa shape index (κ3) is 4.50. The number of aliphatic carboxylic acids is 1. The number of ether oxygens (including phenoxy) is 2. The van der Waals surface area contributed by atoms with E-state index in [2.05, 4.69) is 17.4 Å². The second kappa shape index (κ2) is 9.46. The van der Waals surface area contributed by atoms with Gasteiger partial charge in [0.1, 0.15) is 12.6 Å². The number of carbonyl (C=O) groups excluding carboxylic acids is 2. The Labute approximate surface area is 198 Å². The molecule has 2 N–H and O–H groups in total. The average molecular weight is 467 g/mol. The van der Waals surface area contributed by atoms with E-state index in [-0.39, 0.29) is 44.0 Å². The molecule has 1 aliphatic carbocycles. The van der Waals surface area contributed by atoms with Crippen LogP contribution >= 0.6 is 0 Å². The molecule has 0 radical (unpaired) electrons. The first kappa shape index (κ1) is 23.8. The van der Waals surface area contributed by atoms with Gasteiger partial charge < -0.3 is 24.8 Å². The fraction of sp³-hybridized carbons (Fsp3) is 0.423. The normalized spacial score (nSPS) is 20.4. The molecular weight excluding hydrogens is 436 g/mol. The summed E-state index contributed by atoms with van der Waals surface area (Å²) in [7, 11) is 0. The molecule has 0 bridgehead atoms. The summed E-state index contributed by atoms with van der Waals surface area (Å²) in [6, 6.07) is 15.3. The number of fused-ring (bicyclic) bond motifs is 3. The van der Waals surface area contributed by atoms with Gasteiger partial charge in [0.2, 0.25) is 5.91 Å². The molecule has 2 aliphatic rings. The lowest BCUT2D eigenvalue weighted by Crippen LogP contribution is -2.60. The molecule has 1 unspecified atom stereocenters. The molecule has 8 heteroatoms. The number of benzene rings is 2. The van der Waals surface area contributed by atoms with Gasteiger partial charge in [0.05, 0.1) is 13.2 Å². The largest absolute Gasteiger partial charge is 0.479 e. The molecule has 180 valence electrons. The monoisotopic (exact) mass is 466 g/mol. The van der Waals surface area contributed by atoms with E-state index in [1.807, 2.05) is 50.2 Å². The predicted octanol–water partition coefficient (Wildman–Crippen LogP) is 3.25. The Morgan fingerprint density at radius 1 is 1.12 bits per heavy atom. The van der Waals surface area contributed by atoms with E-state index >= 15 is 0 Å². The van der Waals surface area contributed by atoms with Crippen molar-refractivity contribution in [3.63, 3.8) is 0 Å². The van der Waals surface area contributed by atoms with Gasteiger partial charge in [-0.3, -0.25) is 4.79 Å². The van der Waals surface area contributed by atoms with Crippen molar-refractivity contribution in [3.8, 4) is 11.1 Å². The summed E-state index contributed by atoms with van der Waals surface area (Å²) in [5, 5.41) is 12.2. The second-order valence-electron chi connectivity index (χ2n) is 9.34. The molecule has 2 amide bonds. The predicted molar refractivity (Wildman–Crippen MR) is 125 cm³/mol. The van der Waals surface area contributed by atoms with Gasteiger partial charge in [0.15, 0.2) is 5.60 Å². The van der Waals surface area contributed by atoms with Crippen molar-refractivity contribution in [3.05, 3.63) is 59.7 Å². The third-order valence-electron chi connectivity index (χ3n) is 6.59. The van der Waals surface area contributed by atoms with Gasteiger partial charge in [0, 0.05) is 12.5 Å². The van der Waals surface area contributed by atoms with Crippen LogP contribution in [0.25, 0.3) is 11.1 Å². The molecule has 0 aromatic heterocycles. The highest BCUT2D eigenvalue weighted by molar-refractivity contribution is 5.87. The molecular formula is C26H30N2O6. The zero-order valence-electron chi connectivity index (χ0n) is 19.6. The van der Waals surface area contributed by atoms with Gasteiger partial charge in [-0.1, -0.05) is 62.4 Å². The number of carboxylic acid groups (broad SMARTS) is 1. The number of amides is 2. The van der Waals surface area contributed by atoms with Gasteiger partial charge in [-0.05, 0) is 35.1 Å². The van der Waals surface area contributed by atoms with Crippen LogP contribution < -0.4 is 5.32 Å². The summed E-state index contributed by atoms with van der Waals surface area (Å²) in [4.78, 5) is 38.9. The zero-order valence-corrected chi connectivity index (χ0v) is 19.6. The van der Waals surface area contributed by atoms with E-state index in [4.69, 9.17) is 9.47 Å². The van der Waals surface area contributed by atoms with Crippen LogP contribution in [0, 0.1) is 5.92 Å². The summed E-state index contributed by atoms with van der Waals surface area (Å²) in [6.45, 7) is 5.52. The molecule has 4 rings (SSSR count). The molecule has 1 fully saturated rings. The molecule has 2 aromatic carbocycles. The fourth-order valence-electron chi connectivity index (χ4n) is 4.66. The number of alkyl carbamates (subject to hydrolysis) is 1. The van der Waals surface area contributed by atoms with Crippen LogP contribution in [0.4, 0.5) is 4.79 Å². The molecule has 34 heavy (non-hydrogen) atoms. The molecule has 2 aromatic rings. The lowest BCUT2D eigenvalue weighted by molar-refractivity contribution is -0.177. The summed E-state index contributed by atoms with van der Waals surface area (Å²) >= 11 is 0. The number of carboxylic acids is 1. The van der Waals surface area contributed by atoms with E-state index in [0.29, 0.717) is 0 Å². The molecule has 1 heterocycles. The number of morpholine rings is 1. The minimum atomic E-state index is -1.47. The lowest BCUT2D eigenvalue weighted by atomic mass is 9.98. The smallest absolute Gasteiger partial charge is 0.407 e. The van der Waals surface area contributed by atoms with Crippen LogP contribution in [-0.2, 0) is 19.1 Å². The van der Waals surface area contributed by atoms with Crippen LogP contribution in [0.2, 0.25) is 0 Å². The van der Waals surface area contributed by atoms with E-state index in [1.165, 1.54) is 11.8 Å². The van der Waals surface area contributed by atoms with Crippen molar-refractivity contribution in [2.75, 3.05) is 26.3 Å². The van der Waals surface area contributed by atoms with Crippen molar-refractivity contribution in [1.82, 2.24) is 10.2 Å². The molecule has 8 nitrogen and oxygen atoms in total. The zero-order chi connectivity index (χ0) is 24.5. The first-order valence-corrected chi connectivity index (χ1v) is 11.5. The first-order chi connectivity index (χ1) is 16.2. The SMILES string of the molecule is CC(C)[C@@H](NC(=O)OCC1c2ccccc2-c2ccccc21)C(=O)N1CCOC(C)(C(=O)O)C1. The number of carbonyl (C=O) groups is 3. The standard InChI is InChI=1S/C26H30N2O6/c1-16(2)22(23(29)28-12-13-34-26(3,15-28)24(30)31)27-25(32)33-14-21-19-10-6-4-8-17(19)18-9-5-7-11-20(18)21/h4-11,16,21-22H,12-15H2,1-3H3,(H,27,32)(H,30,31)/t22-,26?/m1/s1. The van der Waals surface area contributed by atoms with Crippen molar-refractivity contribution >= 4 is 18.0 Å². The number of rotatable bonds is 6. The van der Waals surface area contributed by atoms with Crippen LogP contribution in [0.15, 0.2) is 48.5 Å². The highest BCUT2D eigenvalue weighted by atomic mass is 16.5. The number of nitrogens with one attached hydrogen (secondary N) is 1. The Kier molecular flexibility index (Phi) is 6.61. The quantitative estimate of drug-likeness (QED) is 0.677. The van der Waals surface area contributed by atoms with Crippen LogP contribution in [0.3, 0.4) is 0 Å². The maximum atomic E-state index is 13.2. The minimum absolute atomic E-state index is 0.0816. The molecule has 2 atom stereocenters. The Hall–Kier alpha value is -3.39. The third-order valence-corrected chi connectivity index (χ3v) is 6.59. The van der Waals surface area contributed by atoms with Crippen LogP contribution in [-0.4, -0.2) is 65.9 Å². The molecule has 0 saturated carbocycles. The van der Waals surface area contributed by atoms with Crippen molar-refractivity contribution in [1.29, 1.82) is 0 Å². The van der Waals surface area contributed by atoms with Gasteiger partial charge in [0.25, 0.3) is 0 Å². The maximum absolute atomic E-state index is 13.2. The average Bonchev–Trinajstić information content (AvgIpc) is 3.14. The van der Waals surface area contributed by atoms with Gasteiger partial charge in [-0.25, -0.2) is 9.59 Å². The van der Waals surface area contributed by atoms with E-state index in [1.54, 1.807) is 0 Å². The minimum Gasteiger partial charge on any atom is -0.479 e. The summed E-state index contributed by atoms with van der Waals surface area (Å²) in [5.74, 6) is -1.77. The first-order valence-electron chi connectivity index (χ1n) is 11.5. The highest BCUT2D eigenvalue weighted by Gasteiger charge is 2.42. The summed E-state index contributed by atoms with van der Waals surface area (Å²) < 4.78 is 11.0. The Bertz CT molecular complexity index is 1050. The number of nitrogens with zero attached hydrogens (tertiary/aromatic N) is 1. The van der Waals surface area contributed by atoms with Gasteiger partial charge in [-0.15, -0.1) is 0 Å². The van der Waals surface area contributed by atoms with Gasteiger partial charge >= 0.3 is 12.1 Å². The lowest BCUT2D eigenvalue weighted by Gasteiger charge is -2.39. The summed E-state index contributed by atoms with van der Waals surface area (Å²) in [6.07, 6.45) is -0.678. The van der Waals surface area contributed by atoms with Crippen molar-refractivity contribution in [2.45, 2.75) is 38.3 Å². The number of hydrogen-bond acceptors (Lipinski definition) is 5. The molecule has 1 saturated heterocycles. The van der Waals surface area contributed by atoms with Crippen molar-refractivity contribution in [2.24, 2.45) is 5.92 Å². The van der Waals surface area contributed by atoms with E-state index in [9.17, 15) is 19.5 Å². The molecule has 1 aliphatic heterocycles. The maximum Gasteiger partial charge on any atom is 0.407 e. The van der Waals surface area contributed by atoms with E-state index < -0.39 is 23.7 Å². The van der Waals surface area contributed by atoms with Crippen molar-refractivity contribution < 1.29 is 29.0 Å². The topological polar surface area (TPSA) is 105 Å². The summed E-state index contributed by atoms with van der Waals surface area (Å²) in [5.41, 5.74) is 3.01. The van der Waals surface area contributed by atoms with Crippen LogP contribution in [0.1, 0.15) is 37.8 Å². The Morgan fingerprint density at radius 2 is 1.71 bits per heavy atom. The van der Waals surface area contributed by atoms with Gasteiger partial charge in [-0.2, -0.15) is 0 Å². The van der Waals surface area contributed by atoms with E-state index in [0.717, 1.165) is 22.3 Å². The molecule has 0 spiro atoms. The Morgan fingerprint density at radius 3 is 2.26 bits per heavy atom. The number of hydrogen-bond donors (Lipinski definition) is 2. The Balaban J connectivity index is 1.42.